The normalized spacial score (nSPS) is 20.3. The third kappa shape index (κ3) is 2.21. The summed E-state index contributed by atoms with van der Waals surface area (Å²) in [6.07, 6.45) is 5.81. The molecule has 2 rings (SSSR count). The van der Waals surface area contributed by atoms with Gasteiger partial charge in [-0.05, 0) is 25.7 Å². The Morgan fingerprint density at radius 3 is 3.07 bits per heavy atom. The van der Waals surface area contributed by atoms with E-state index in [0.29, 0.717) is 0 Å². The lowest BCUT2D eigenvalue weighted by Gasteiger charge is -2.21. The van der Waals surface area contributed by atoms with Gasteiger partial charge in [0, 0.05) is 25.3 Å². The van der Waals surface area contributed by atoms with Crippen molar-refractivity contribution in [3.63, 3.8) is 0 Å². The summed E-state index contributed by atoms with van der Waals surface area (Å²) in [5.41, 5.74) is 1.04. The van der Waals surface area contributed by atoms with Crippen LogP contribution < -0.4 is 0 Å². The summed E-state index contributed by atoms with van der Waals surface area (Å²) in [5.74, 6) is 1.23. The Bertz CT molecular complexity index is 322. The highest BCUT2D eigenvalue weighted by molar-refractivity contribution is 5.10. The molecule has 1 aromatic heterocycles. The number of aromatic nitrogens is 2. The number of nitrogens with zero attached hydrogens (tertiary/aromatic N) is 2. The Balaban J connectivity index is 2.14. The zero-order chi connectivity index (χ0) is 10.7. The molecule has 1 aliphatic rings. The number of rotatable bonds is 4. The highest BCUT2D eigenvalue weighted by Gasteiger charge is 2.21. The number of aliphatic hydroxyl groups is 2. The molecule has 1 atom stereocenters. The molecule has 1 aromatic rings. The summed E-state index contributed by atoms with van der Waals surface area (Å²) in [5, 5.41) is 18.0. The molecule has 2 heterocycles. The monoisotopic (exact) mass is 210 g/mol. The molecular weight excluding hydrogens is 192 g/mol. The van der Waals surface area contributed by atoms with Crippen LogP contribution >= 0.6 is 0 Å². The predicted molar refractivity (Wildman–Crippen MR) is 56.7 cm³/mol. The van der Waals surface area contributed by atoms with Gasteiger partial charge in [0.15, 0.2) is 0 Å². The maximum Gasteiger partial charge on any atom is 0.114 e. The molecule has 0 saturated heterocycles. The van der Waals surface area contributed by atoms with Gasteiger partial charge < -0.3 is 14.8 Å². The fourth-order valence-corrected chi connectivity index (χ4v) is 2.18. The third-order valence-electron chi connectivity index (χ3n) is 2.99. The standard InChI is InChI=1S/C11H18N2O2/c14-6-2-4-10-7-13-5-1-3-9(8-15)11(13)12-10/h7,9,14-15H,1-6,8H2. The number of hydrogen-bond acceptors (Lipinski definition) is 3. The van der Waals surface area contributed by atoms with Gasteiger partial charge >= 0.3 is 0 Å². The quantitative estimate of drug-likeness (QED) is 0.768. The molecule has 4 nitrogen and oxygen atoms in total. The average Bonchev–Trinajstić information content (AvgIpc) is 2.68. The van der Waals surface area contributed by atoms with Gasteiger partial charge in [-0.1, -0.05) is 0 Å². The molecule has 15 heavy (non-hydrogen) atoms. The lowest BCUT2D eigenvalue weighted by Crippen LogP contribution is -2.18. The van der Waals surface area contributed by atoms with Crippen LogP contribution in [0.2, 0.25) is 0 Å². The van der Waals surface area contributed by atoms with Gasteiger partial charge in [0.25, 0.3) is 0 Å². The van der Waals surface area contributed by atoms with Crippen molar-refractivity contribution in [2.75, 3.05) is 13.2 Å². The Kier molecular flexibility index (Phi) is 3.38. The van der Waals surface area contributed by atoms with Crippen molar-refractivity contribution in [3.05, 3.63) is 17.7 Å². The molecule has 0 amide bonds. The highest BCUT2D eigenvalue weighted by Crippen LogP contribution is 2.26. The Hall–Kier alpha value is -0.870. The first kappa shape index (κ1) is 10.6. The van der Waals surface area contributed by atoms with Crippen LogP contribution in [0.5, 0.6) is 0 Å². The van der Waals surface area contributed by atoms with E-state index < -0.39 is 0 Å². The maximum absolute atomic E-state index is 9.23. The number of aliphatic hydroxyl groups excluding tert-OH is 2. The molecule has 0 aliphatic carbocycles. The van der Waals surface area contributed by atoms with E-state index in [1.165, 1.54) is 0 Å². The van der Waals surface area contributed by atoms with Crippen molar-refractivity contribution in [3.8, 4) is 0 Å². The van der Waals surface area contributed by atoms with Crippen LogP contribution in [0, 0.1) is 0 Å². The van der Waals surface area contributed by atoms with Gasteiger partial charge in [-0.25, -0.2) is 4.98 Å². The smallest absolute Gasteiger partial charge is 0.114 e. The van der Waals surface area contributed by atoms with E-state index in [2.05, 4.69) is 15.7 Å². The fourth-order valence-electron chi connectivity index (χ4n) is 2.18. The largest absolute Gasteiger partial charge is 0.396 e. The summed E-state index contributed by atoms with van der Waals surface area (Å²) < 4.78 is 2.15. The SMILES string of the molecule is OCCCc1cn2c(n1)C(CO)CCC2. The van der Waals surface area contributed by atoms with Gasteiger partial charge in [0.1, 0.15) is 5.82 Å². The number of fused-ring (bicyclic) bond motifs is 1. The minimum atomic E-state index is 0.191. The third-order valence-corrected chi connectivity index (χ3v) is 2.99. The van der Waals surface area contributed by atoms with Crippen molar-refractivity contribution in [2.24, 2.45) is 0 Å². The summed E-state index contributed by atoms with van der Waals surface area (Å²) in [6.45, 7) is 1.42. The molecule has 4 heteroatoms. The molecule has 0 spiro atoms. The van der Waals surface area contributed by atoms with Gasteiger partial charge in [-0.2, -0.15) is 0 Å². The van der Waals surface area contributed by atoms with Crippen molar-refractivity contribution >= 4 is 0 Å². The minimum Gasteiger partial charge on any atom is -0.396 e. The van der Waals surface area contributed by atoms with Crippen LogP contribution in [0.25, 0.3) is 0 Å². The topological polar surface area (TPSA) is 58.3 Å². The molecule has 2 N–H and O–H groups in total. The highest BCUT2D eigenvalue weighted by atomic mass is 16.3. The van der Waals surface area contributed by atoms with Gasteiger partial charge in [0.2, 0.25) is 0 Å². The molecule has 84 valence electrons. The Labute approximate surface area is 89.6 Å². The zero-order valence-electron chi connectivity index (χ0n) is 8.89. The number of hydrogen-bond donors (Lipinski definition) is 2. The van der Waals surface area contributed by atoms with E-state index in [9.17, 15) is 5.11 Å². The van der Waals surface area contributed by atoms with Gasteiger partial charge in [-0.3, -0.25) is 0 Å². The molecule has 0 radical (unpaired) electrons. The van der Waals surface area contributed by atoms with E-state index in [1.807, 2.05) is 0 Å². The molecule has 0 fully saturated rings. The second-order valence-electron chi connectivity index (χ2n) is 4.13. The van der Waals surface area contributed by atoms with E-state index in [4.69, 9.17) is 5.11 Å². The number of imidazole rings is 1. The second-order valence-corrected chi connectivity index (χ2v) is 4.13. The van der Waals surface area contributed by atoms with E-state index in [1.54, 1.807) is 0 Å². The zero-order valence-corrected chi connectivity index (χ0v) is 8.89. The van der Waals surface area contributed by atoms with Crippen molar-refractivity contribution < 1.29 is 10.2 Å². The molecule has 1 aliphatic heterocycles. The Morgan fingerprint density at radius 1 is 1.47 bits per heavy atom. The van der Waals surface area contributed by atoms with Crippen molar-refractivity contribution in [2.45, 2.75) is 38.1 Å². The fraction of sp³-hybridized carbons (Fsp3) is 0.727. The molecule has 0 aromatic carbocycles. The second kappa shape index (κ2) is 4.77. The van der Waals surface area contributed by atoms with Crippen LogP contribution in [-0.2, 0) is 13.0 Å². The van der Waals surface area contributed by atoms with Crippen molar-refractivity contribution in [1.29, 1.82) is 0 Å². The van der Waals surface area contributed by atoms with Gasteiger partial charge in [-0.15, -0.1) is 0 Å². The van der Waals surface area contributed by atoms with E-state index in [0.717, 1.165) is 43.7 Å². The maximum atomic E-state index is 9.23. The van der Waals surface area contributed by atoms with Crippen LogP contribution in [-0.4, -0.2) is 33.0 Å². The van der Waals surface area contributed by atoms with E-state index in [-0.39, 0.29) is 19.1 Å². The average molecular weight is 210 g/mol. The molecule has 1 unspecified atom stereocenters. The first-order valence-electron chi connectivity index (χ1n) is 5.63. The Morgan fingerprint density at radius 2 is 2.33 bits per heavy atom. The number of aryl methyl sites for hydroxylation is 2. The molecule has 0 saturated carbocycles. The summed E-state index contributed by atoms with van der Waals surface area (Å²) in [4.78, 5) is 4.53. The first-order valence-corrected chi connectivity index (χ1v) is 5.63. The minimum absolute atomic E-state index is 0.191. The molecular formula is C11H18N2O2. The summed E-state index contributed by atoms with van der Waals surface area (Å²) in [6, 6.07) is 0. The predicted octanol–water partition coefficient (Wildman–Crippen LogP) is 0.678. The lowest BCUT2D eigenvalue weighted by molar-refractivity contribution is 0.238. The first-order chi connectivity index (χ1) is 7.35. The van der Waals surface area contributed by atoms with Crippen LogP contribution in [0.15, 0.2) is 6.20 Å². The molecule has 0 bridgehead atoms. The van der Waals surface area contributed by atoms with Crippen LogP contribution in [0.4, 0.5) is 0 Å². The summed E-state index contributed by atoms with van der Waals surface area (Å²) in [7, 11) is 0. The van der Waals surface area contributed by atoms with Crippen LogP contribution in [0.3, 0.4) is 0 Å². The van der Waals surface area contributed by atoms with Crippen molar-refractivity contribution in [1.82, 2.24) is 9.55 Å². The van der Waals surface area contributed by atoms with Gasteiger partial charge in [0.05, 0.1) is 12.3 Å². The van der Waals surface area contributed by atoms with E-state index >= 15 is 0 Å². The summed E-state index contributed by atoms with van der Waals surface area (Å²) >= 11 is 0. The lowest BCUT2D eigenvalue weighted by atomic mass is 10.0. The van der Waals surface area contributed by atoms with Crippen LogP contribution in [0.1, 0.15) is 36.7 Å².